The number of hydrazone groups is 1. The van der Waals surface area contributed by atoms with Gasteiger partial charge in [0.1, 0.15) is 5.41 Å². The molecule has 1 saturated heterocycles. The zero-order valence-electron chi connectivity index (χ0n) is 22.3. The minimum absolute atomic E-state index is 0.0140. The second-order valence-corrected chi connectivity index (χ2v) is 11.2. The number of fused-ring (bicyclic) bond motifs is 4. The zero-order chi connectivity index (χ0) is 27.1. The van der Waals surface area contributed by atoms with Gasteiger partial charge in [0, 0.05) is 23.3 Å². The van der Waals surface area contributed by atoms with Gasteiger partial charge in [0.25, 0.3) is 5.91 Å². The van der Waals surface area contributed by atoms with Crippen molar-refractivity contribution in [3.05, 3.63) is 94.5 Å². The van der Waals surface area contributed by atoms with Crippen LogP contribution in [0.15, 0.2) is 77.9 Å². The number of nitrogens with zero attached hydrogens (tertiary/aromatic N) is 3. The lowest BCUT2D eigenvalue weighted by atomic mass is 9.64. The number of benzene rings is 3. The van der Waals surface area contributed by atoms with E-state index in [1.165, 1.54) is 10.6 Å². The standard InChI is InChI=1S/C32H32ClN3O3/c1-3-39-30(37)24-10-13-27(14-11-24)36-31(38)32(21(2)34-36)20-25-9-12-26(33)19-28(25)35-16-15-23(18-29(32)35)17-22-7-5-4-6-8-22/h4-14,19,23,29H,3,15-18,20H2,1-2H3/t23-,29-,32-/m0/s1. The molecule has 0 N–H and O–H groups in total. The van der Waals surface area contributed by atoms with E-state index in [1.54, 1.807) is 31.2 Å². The minimum atomic E-state index is -0.768. The highest BCUT2D eigenvalue weighted by molar-refractivity contribution is 6.31. The summed E-state index contributed by atoms with van der Waals surface area (Å²) in [5.41, 5.74) is 4.75. The van der Waals surface area contributed by atoms with Gasteiger partial charge in [0.15, 0.2) is 0 Å². The lowest BCUT2D eigenvalue weighted by molar-refractivity contribution is -0.125. The van der Waals surface area contributed by atoms with Crippen LogP contribution in [0.2, 0.25) is 5.02 Å². The number of hydrogen-bond acceptors (Lipinski definition) is 5. The fraction of sp³-hybridized carbons (Fsp3) is 0.344. The first-order valence-corrected chi connectivity index (χ1v) is 14.0. The minimum Gasteiger partial charge on any atom is -0.462 e. The molecule has 7 heteroatoms. The van der Waals surface area contributed by atoms with Crippen LogP contribution in [0.3, 0.4) is 0 Å². The van der Waals surface area contributed by atoms with E-state index in [-0.39, 0.29) is 17.9 Å². The van der Waals surface area contributed by atoms with Crippen molar-refractivity contribution in [2.24, 2.45) is 16.4 Å². The van der Waals surface area contributed by atoms with Crippen molar-refractivity contribution in [1.82, 2.24) is 0 Å². The Morgan fingerprint density at radius 2 is 1.87 bits per heavy atom. The smallest absolute Gasteiger partial charge is 0.338 e. The molecule has 6 nitrogen and oxygen atoms in total. The van der Waals surface area contributed by atoms with Gasteiger partial charge in [-0.15, -0.1) is 0 Å². The number of amides is 1. The van der Waals surface area contributed by atoms with E-state index in [9.17, 15) is 9.59 Å². The van der Waals surface area contributed by atoms with Crippen LogP contribution in [0.5, 0.6) is 0 Å². The largest absolute Gasteiger partial charge is 0.462 e. The first kappa shape index (κ1) is 25.6. The van der Waals surface area contributed by atoms with Crippen molar-refractivity contribution in [1.29, 1.82) is 0 Å². The SMILES string of the molecule is CCOC(=O)c1ccc(N2N=C(C)[C@]3(Cc4ccc(Cl)cc4N4CC[C@@H](Cc5ccccc5)C[C@H]43)C2=O)cc1. The zero-order valence-corrected chi connectivity index (χ0v) is 23.0. The fourth-order valence-electron chi connectivity index (χ4n) is 6.64. The molecule has 3 heterocycles. The number of hydrogen-bond donors (Lipinski definition) is 0. The monoisotopic (exact) mass is 541 g/mol. The molecule has 3 aromatic carbocycles. The molecule has 0 aliphatic carbocycles. The highest BCUT2D eigenvalue weighted by atomic mass is 35.5. The Balaban J connectivity index is 1.36. The predicted molar refractivity (Wildman–Crippen MR) is 155 cm³/mol. The molecule has 0 saturated carbocycles. The molecule has 0 bridgehead atoms. The van der Waals surface area contributed by atoms with Gasteiger partial charge in [-0.1, -0.05) is 48.0 Å². The summed E-state index contributed by atoms with van der Waals surface area (Å²) in [7, 11) is 0. The molecule has 3 aliphatic rings. The number of rotatable bonds is 5. The third-order valence-electron chi connectivity index (χ3n) is 8.57. The quantitative estimate of drug-likeness (QED) is 0.355. The molecule has 3 aliphatic heterocycles. The van der Waals surface area contributed by atoms with Crippen LogP contribution >= 0.6 is 11.6 Å². The molecule has 0 unspecified atom stereocenters. The number of carbonyl (C=O) groups is 2. The molecule has 1 spiro atoms. The fourth-order valence-corrected chi connectivity index (χ4v) is 6.81. The number of piperidine rings is 1. The maximum Gasteiger partial charge on any atom is 0.338 e. The second kappa shape index (κ2) is 10.2. The summed E-state index contributed by atoms with van der Waals surface area (Å²) in [4.78, 5) is 29.0. The Morgan fingerprint density at radius 1 is 1.10 bits per heavy atom. The van der Waals surface area contributed by atoms with Crippen LogP contribution in [-0.2, 0) is 22.4 Å². The summed E-state index contributed by atoms with van der Waals surface area (Å²) in [5.74, 6) is 0.0717. The summed E-state index contributed by atoms with van der Waals surface area (Å²) in [6.45, 7) is 4.95. The highest BCUT2D eigenvalue weighted by Gasteiger charge is 2.59. The van der Waals surface area contributed by atoms with E-state index >= 15 is 0 Å². The van der Waals surface area contributed by atoms with Crippen molar-refractivity contribution in [3.63, 3.8) is 0 Å². The normalized spacial score (nSPS) is 23.9. The highest BCUT2D eigenvalue weighted by Crippen LogP contribution is 2.51. The Labute approximate surface area is 234 Å². The first-order chi connectivity index (χ1) is 18.9. The average molecular weight is 542 g/mol. The molecular formula is C32H32ClN3O3. The summed E-state index contributed by atoms with van der Waals surface area (Å²) in [6, 6.07) is 23.5. The molecule has 3 aromatic rings. The van der Waals surface area contributed by atoms with Crippen LogP contribution in [0, 0.1) is 11.3 Å². The number of ether oxygens (including phenoxy) is 1. The Kier molecular flexibility index (Phi) is 6.67. The van der Waals surface area contributed by atoms with Gasteiger partial charge in [-0.05, 0) is 93.0 Å². The van der Waals surface area contributed by atoms with E-state index in [2.05, 4.69) is 35.2 Å². The van der Waals surface area contributed by atoms with Gasteiger partial charge in [-0.2, -0.15) is 10.1 Å². The van der Waals surface area contributed by atoms with Gasteiger partial charge < -0.3 is 9.64 Å². The van der Waals surface area contributed by atoms with Crippen molar-refractivity contribution in [3.8, 4) is 0 Å². The Morgan fingerprint density at radius 3 is 2.62 bits per heavy atom. The summed E-state index contributed by atoms with van der Waals surface area (Å²) < 4.78 is 5.11. The maximum absolute atomic E-state index is 14.5. The van der Waals surface area contributed by atoms with Gasteiger partial charge >= 0.3 is 5.97 Å². The second-order valence-electron chi connectivity index (χ2n) is 10.8. The van der Waals surface area contributed by atoms with Crippen LogP contribution in [-0.4, -0.2) is 36.8 Å². The lowest BCUT2D eigenvalue weighted by Gasteiger charge is -2.52. The van der Waals surface area contributed by atoms with Crippen LogP contribution in [0.4, 0.5) is 11.4 Å². The predicted octanol–water partition coefficient (Wildman–Crippen LogP) is 6.31. The molecule has 1 fully saturated rings. The van der Waals surface area contributed by atoms with Crippen molar-refractivity contribution >= 4 is 40.6 Å². The molecule has 6 rings (SSSR count). The van der Waals surface area contributed by atoms with E-state index < -0.39 is 5.41 Å². The van der Waals surface area contributed by atoms with Gasteiger partial charge in [0.05, 0.1) is 23.6 Å². The average Bonchev–Trinajstić information content (AvgIpc) is 3.20. The van der Waals surface area contributed by atoms with Crippen LogP contribution in [0.1, 0.15) is 48.2 Å². The molecule has 3 atom stereocenters. The molecule has 0 aromatic heterocycles. The van der Waals surface area contributed by atoms with E-state index in [0.717, 1.165) is 42.8 Å². The lowest BCUT2D eigenvalue weighted by Crippen LogP contribution is -2.62. The number of esters is 1. The van der Waals surface area contributed by atoms with Crippen LogP contribution in [0.25, 0.3) is 0 Å². The summed E-state index contributed by atoms with van der Waals surface area (Å²) >= 11 is 6.45. The summed E-state index contributed by atoms with van der Waals surface area (Å²) in [6.07, 6.45) is 3.53. The number of halogens is 1. The van der Waals surface area contributed by atoms with Crippen molar-refractivity contribution < 1.29 is 14.3 Å². The van der Waals surface area contributed by atoms with Gasteiger partial charge in [0.2, 0.25) is 0 Å². The topological polar surface area (TPSA) is 62.2 Å². The molecular weight excluding hydrogens is 510 g/mol. The van der Waals surface area contributed by atoms with Crippen molar-refractivity contribution in [2.45, 2.75) is 45.6 Å². The van der Waals surface area contributed by atoms with Crippen molar-refractivity contribution in [2.75, 3.05) is 23.1 Å². The molecule has 0 radical (unpaired) electrons. The Bertz CT molecular complexity index is 1440. The van der Waals surface area contributed by atoms with E-state index in [0.29, 0.717) is 35.2 Å². The molecule has 39 heavy (non-hydrogen) atoms. The molecule has 200 valence electrons. The van der Waals surface area contributed by atoms with E-state index in [4.69, 9.17) is 21.4 Å². The number of carbonyl (C=O) groups excluding carboxylic acids is 2. The Hall–Kier alpha value is -3.64. The van der Waals surface area contributed by atoms with Crippen LogP contribution < -0.4 is 9.91 Å². The third kappa shape index (κ3) is 4.41. The summed E-state index contributed by atoms with van der Waals surface area (Å²) in [5, 5.41) is 7.09. The number of anilines is 2. The maximum atomic E-state index is 14.5. The van der Waals surface area contributed by atoms with Gasteiger partial charge in [-0.3, -0.25) is 4.79 Å². The molecule has 1 amide bonds. The third-order valence-corrected chi connectivity index (χ3v) is 8.80. The first-order valence-electron chi connectivity index (χ1n) is 13.7. The van der Waals surface area contributed by atoms with E-state index in [1.807, 2.05) is 25.1 Å². The van der Waals surface area contributed by atoms with Gasteiger partial charge in [-0.25, -0.2) is 4.79 Å².